The van der Waals surface area contributed by atoms with Crippen molar-refractivity contribution >= 4 is 24.3 Å². The molecule has 0 amide bonds. The quantitative estimate of drug-likeness (QED) is 0.362. The van der Waals surface area contributed by atoms with Crippen molar-refractivity contribution < 1.29 is 0 Å². The predicted octanol–water partition coefficient (Wildman–Crippen LogP) is 2.35. The molecule has 0 saturated heterocycles. The zero-order valence-corrected chi connectivity index (χ0v) is 12.2. The van der Waals surface area contributed by atoms with E-state index in [1.165, 1.54) is 38.5 Å². The van der Waals surface area contributed by atoms with Gasteiger partial charge in [0.05, 0.1) is 0 Å². The monoisotopic (exact) mass is 277 g/mol. The molecule has 1 fully saturated rings. The van der Waals surface area contributed by atoms with Crippen LogP contribution in [0.2, 0.25) is 0 Å². The Kier molecular flexibility index (Phi) is 15.2. The van der Waals surface area contributed by atoms with Gasteiger partial charge in [-0.1, -0.05) is 51.9 Å². The summed E-state index contributed by atoms with van der Waals surface area (Å²) >= 11 is 0. The van der Waals surface area contributed by atoms with Gasteiger partial charge in [-0.15, -0.1) is 12.4 Å². The molecule has 0 heterocycles. The Hall–Kier alpha value is -0.970. The molecule has 1 aliphatic rings. The number of nitrogens with one attached hydrogen (secondary N) is 2. The Bertz CT molecular complexity index is 215. The fraction of sp³-hybridized carbons (Fsp3) is 0.833. The van der Waals surface area contributed by atoms with Gasteiger partial charge in [0.25, 0.3) is 0 Å². The average Bonchev–Trinajstić information content (AvgIpc) is 2.31. The van der Waals surface area contributed by atoms with E-state index in [-0.39, 0.29) is 24.3 Å². The maximum absolute atomic E-state index is 6.81. The lowest BCUT2D eigenvalue weighted by molar-refractivity contribution is 0.504. The van der Waals surface area contributed by atoms with Crippen LogP contribution in [-0.4, -0.2) is 18.5 Å². The molecule has 0 aromatic carbocycles. The van der Waals surface area contributed by atoms with E-state index in [1.807, 2.05) is 0 Å². The summed E-state index contributed by atoms with van der Waals surface area (Å²) in [5.41, 5.74) is 10.3. The number of nitrogens with two attached hydrogens (primary N) is 2. The third-order valence-electron chi connectivity index (χ3n) is 2.56. The fourth-order valence-electron chi connectivity index (χ4n) is 1.60. The molecular weight excluding hydrogens is 250 g/mol. The zero-order chi connectivity index (χ0) is 12.9. The van der Waals surface area contributed by atoms with Gasteiger partial charge >= 0.3 is 0 Å². The van der Waals surface area contributed by atoms with E-state index in [9.17, 15) is 0 Å². The number of nitrogens with zero attached hydrogens (tertiary/aromatic N) is 1. The molecule has 6 N–H and O–H groups in total. The first-order valence-corrected chi connectivity index (χ1v) is 6.57. The van der Waals surface area contributed by atoms with Crippen LogP contribution in [0, 0.1) is 5.41 Å². The molecule has 0 atom stereocenters. The lowest BCUT2D eigenvalue weighted by Gasteiger charge is -2.05. The second kappa shape index (κ2) is 14.1. The molecular formula is C12H28ClN5. The summed E-state index contributed by atoms with van der Waals surface area (Å²) in [4.78, 5) is 3.92. The van der Waals surface area contributed by atoms with E-state index in [0.717, 1.165) is 12.8 Å². The molecule has 18 heavy (non-hydrogen) atoms. The van der Waals surface area contributed by atoms with Crippen molar-refractivity contribution in [3.63, 3.8) is 0 Å². The number of hydrogen-bond donors (Lipinski definition) is 4. The van der Waals surface area contributed by atoms with E-state index >= 15 is 0 Å². The molecule has 1 rings (SSSR count). The van der Waals surface area contributed by atoms with Crippen LogP contribution < -0.4 is 16.8 Å². The lowest BCUT2D eigenvalue weighted by atomic mass is 10.0. The van der Waals surface area contributed by atoms with Crippen molar-refractivity contribution in [1.82, 2.24) is 5.32 Å². The van der Waals surface area contributed by atoms with Crippen molar-refractivity contribution in [2.75, 3.05) is 6.54 Å². The van der Waals surface area contributed by atoms with E-state index in [2.05, 4.69) is 17.2 Å². The molecule has 0 radical (unpaired) electrons. The van der Waals surface area contributed by atoms with Gasteiger partial charge in [-0.05, 0) is 6.42 Å². The number of hydrogen-bond acceptors (Lipinski definition) is 2. The van der Waals surface area contributed by atoms with Gasteiger partial charge in [0.15, 0.2) is 11.9 Å². The molecule has 5 nitrogen and oxygen atoms in total. The Morgan fingerprint density at radius 2 is 1.56 bits per heavy atom. The first kappa shape index (κ1) is 19.4. The summed E-state index contributed by atoms with van der Waals surface area (Å²) in [6.07, 6.45) is 11.1. The third-order valence-corrected chi connectivity index (χ3v) is 2.56. The van der Waals surface area contributed by atoms with Crippen molar-refractivity contribution in [3.05, 3.63) is 0 Å². The van der Waals surface area contributed by atoms with Crippen LogP contribution >= 0.6 is 12.4 Å². The SMILES string of the molecule is C1CCCCC1.CCCCN=C(N)NC(=N)N.Cl. The number of rotatable bonds is 3. The van der Waals surface area contributed by atoms with Gasteiger partial charge < -0.3 is 11.5 Å². The van der Waals surface area contributed by atoms with E-state index in [4.69, 9.17) is 16.9 Å². The average molecular weight is 278 g/mol. The fourth-order valence-corrected chi connectivity index (χ4v) is 1.60. The Balaban J connectivity index is 0. The number of guanidine groups is 2. The minimum absolute atomic E-state index is 0. The molecule has 1 aliphatic carbocycles. The molecule has 0 bridgehead atoms. The summed E-state index contributed by atoms with van der Waals surface area (Å²) in [5.74, 6) is 0.0358. The van der Waals surface area contributed by atoms with Crippen LogP contribution in [0.25, 0.3) is 0 Å². The van der Waals surface area contributed by atoms with Crippen LogP contribution in [0.1, 0.15) is 58.3 Å². The summed E-state index contributed by atoms with van der Waals surface area (Å²) in [5, 5.41) is 9.20. The van der Waals surface area contributed by atoms with Gasteiger partial charge in [0.1, 0.15) is 0 Å². The highest BCUT2D eigenvalue weighted by Crippen LogP contribution is 2.15. The first-order chi connectivity index (χ1) is 8.16. The highest BCUT2D eigenvalue weighted by Gasteiger charge is 1.95. The number of unbranched alkanes of at least 4 members (excludes halogenated alkanes) is 1. The van der Waals surface area contributed by atoms with Crippen LogP contribution in [0.5, 0.6) is 0 Å². The largest absolute Gasteiger partial charge is 0.370 e. The van der Waals surface area contributed by atoms with Crippen LogP contribution in [0.4, 0.5) is 0 Å². The smallest absolute Gasteiger partial charge is 0.195 e. The van der Waals surface area contributed by atoms with Crippen molar-refractivity contribution in [2.24, 2.45) is 16.5 Å². The van der Waals surface area contributed by atoms with Gasteiger partial charge in [-0.2, -0.15) is 0 Å². The minimum atomic E-state index is -0.178. The van der Waals surface area contributed by atoms with Crippen LogP contribution in [0.15, 0.2) is 4.99 Å². The normalized spacial score (nSPS) is 14.8. The summed E-state index contributed by atoms with van der Waals surface area (Å²) in [6, 6.07) is 0. The molecule has 0 aromatic heterocycles. The highest BCUT2D eigenvalue weighted by atomic mass is 35.5. The molecule has 0 spiro atoms. The van der Waals surface area contributed by atoms with E-state index in [1.54, 1.807) is 0 Å². The summed E-state index contributed by atoms with van der Waals surface area (Å²) < 4.78 is 0. The summed E-state index contributed by atoms with van der Waals surface area (Å²) in [7, 11) is 0. The third kappa shape index (κ3) is 15.0. The van der Waals surface area contributed by atoms with Crippen molar-refractivity contribution in [1.29, 1.82) is 5.41 Å². The van der Waals surface area contributed by atoms with E-state index in [0.29, 0.717) is 6.54 Å². The molecule has 0 unspecified atom stereocenters. The van der Waals surface area contributed by atoms with Crippen LogP contribution in [-0.2, 0) is 0 Å². The van der Waals surface area contributed by atoms with Gasteiger partial charge in [-0.25, -0.2) is 0 Å². The Morgan fingerprint density at radius 3 is 1.89 bits per heavy atom. The maximum Gasteiger partial charge on any atom is 0.195 e. The van der Waals surface area contributed by atoms with Gasteiger partial charge in [0.2, 0.25) is 0 Å². The zero-order valence-electron chi connectivity index (χ0n) is 11.4. The van der Waals surface area contributed by atoms with E-state index < -0.39 is 0 Å². The molecule has 1 saturated carbocycles. The second-order valence-corrected chi connectivity index (χ2v) is 4.28. The standard InChI is InChI=1S/C6H15N5.C6H12.ClH/c1-2-3-4-10-6(9)11-5(7)8;1-2-4-6-5-3-1;/h2-4H2,1H3,(H6,7,8,9,10,11);1-6H2;1H. The first-order valence-electron chi connectivity index (χ1n) is 6.57. The van der Waals surface area contributed by atoms with Crippen molar-refractivity contribution in [3.8, 4) is 0 Å². The molecule has 0 aliphatic heterocycles. The molecule has 108 valence electrons. The minimum Gasteiger partial charge on any atom is -0.370 e. The number of halogens is 1. The predicted molar refractivity (Wildman–Crippen MR) is 81.4 cm³/mol. The molecule has 6 heteroatoms. The van der Waals surface area contributed by atoms with Gasteiger partial charge in [-0.3, -0.25) is 15.7 Å². The maximum atomic E-state index is 6.81. The Labute approximate surface area is 117 Å². The topological polar surface area (TPSA) is 100 Å². The van der Waals surface area contributed by atoms with Gasteiger partial charge in [0, 0.05) is 6.54 Å². The Morgan fingerprint density at radius 1 is 1.11 bits per heavy atom. The second-order valence-electron chi connectivity index (χ2n) is 4.28. The lowest BCUT2D eigenvalue weighted by Crippen LogP contribution is -2.40. The molecule has 0 aromatic rings. The van der Waals surface area contributed by atoms with Crippen molar-refractivity contribution in [2.45, 2.75) is 58.3 Å². The summed E-state index contributed by atoms with van der Waals surface area (Å²) in [6.45, 7) is 2.76. The van der Waals surface area contributed by atoms with Crippen LogP contribution in [0.3, 0.4) is 0 Å². The number of aliphatic imine (C=N–C) groups is 1. The highest BCUT2D eigenvalue weighted by molar-refractivity contribution is 5.95.